The van der Waals surface area contributed by atoms with Crippen molar-refractivity contribution in [2.45, 2.75) is 13.8 Å². The molecule has 0 radical (unpaired) electrons. The highest BCUT2D eigenvalue weighted by molar-refractivity contribution is 6.01. The van der Waals surface area contributed by atoms with Gasteiger partial charge >= 0.3 is 0 Å². The van der Waals surface area contributed by atoms with Gasteiger partial charge in [-0.25, -0.2) is 0 Å². The second-order valence-corrected chi connectivity index (χ2v) is 4.01. The Hall–Kier alpha value is -2.34. The number of nitrogens with one attached hydrogen (secondary N) is 1. The fourth-order valence-corrected chi connectivity index (χ4v) is 1.43. The van der Waals surface area contributed by atoms with E-state index in [-0.39, 0.29) is 11.5 Å². The molecule has 1 aromatic rings. The lowest BCUT2D eigenvalue weighted by Crippen LogP contribution is -2.24. The van der Waals surface area contributed by atoms with Crippen molar-refractivity contribution in [2.75, 3.05) is 6.54 Å². The summed E-state index contributed by atoms with van der Waals surface area (Å²) in [6, 6.07) is 7.72. The number of amides is 1. The van der Waals surface area contributed by atoms with Crippen molar-refractivity contribution in [3.63, 3.8) is 0 Å². The topological polar surface area (TPSA) is 52.9 Å². The highest BCUT2D eigenvalue weighted by atomic mass is 16.1. The van der Waals surface area contributed by atoms with E-state index >= 15 is 0 Å². The molecule has 1 N–H and O–H groups in total. The zero-order chi connectivity index (χ0) is 13.5. The predicted molar refractivity (Wildman–Crippen MR) is 72.7 cm³/mol. The molecule has 0 atom stereocenters. The van der Waals surface area contributed by atoms with Crippen molar-refractivity contribution < 1.29 is 4.79 Å². The lowest BCUT2D eigenvalue weighted by molar-refractivity contribution is -0.116. The summed E-state index contributed by atoms with van der Waals surface area (Å²) in [5.41, 5.74) is 3.26. The summed E-state index contributed by atoms with van der Waals surface area (Å²) in [4.78, 5) is 11.6. The molecule has 18 heavy (non-hydrogen) atoms. The molecule has 0 aliphatic carbocycles. The molecule has 1 amide bonds. The third-order valence-electron chi connectivity index (χ3n) is 2.61. The monoisotopic (exact) mass is 240 g/mol. The van der Waals surface area contributed by atoms with E-state index in [0.717, 1.165) is 11.1 Å². The van der Waals surface area contributed by atoms with Crippen molar-refractivity contribution in [1.82, 2.24) is 5.32 Å². The van der Waals surface area contributed by atoms with Gasteiger partial charge in [0.05, 0.1) is 0 Å². The Kier molecular flexibility index (Phi) is 4.89. The summed E-state index contributed by atoms with van der Waals surface area (Å²) in [6.07, 6.45) is 3.16. The Bertz CT molecular complexity index is 536. The van der Waals surface area contributed by atoms with Crippen LogP contribution in [0.2, 0.25) is 0 Å². The number of hydrogen-bond acceptors (Lipinski definition) is 2. The number of rotatable bonds is 4. The summed E-state index contributed by atoms with van der Waals surface area (Å²) in [5.74, 6) is -0.379. The van der Waals surface area contributed by atoms with Crippen LogP contribution in [0.15, 0.2) is 36.4 Å². The number of benzene rings is 1. The first-order valence-corrected chi connectivity index (χ1v) is 5.66. The number of carbonyl (C=O) groups is 1. The van der Waals surface area contributed by atoms with Gasteiger partial charge in [-0.05, 0) is 36.6 Å². The number of hydrogen-bond donors (Lipinski definition) is 1. The van der Waals surface area contributed by atoms with Crippen molar-refractivity contribution in [1.29, 1.82) is 5.26 Å². The fraction of sp³-hybridized carbons (Fsp3) is 0.200. The molecular formula is C15H16N2O. The molecular weight excluding hydrogens is 224 g/mol. The average Bonchev–Trinajstić information content (AvgIpc) is 2.37. The Labute approximate surface area is 107 Å². The van der Waals surface area contributed by atoms with E-state index in [9.17, 15) is 4.79 Å². The molecule has 0 aliphatic rings. The summed E-state index contributed by atoms with van der Waals surface area (Å²) in [5, 5.41) is 11.6. The first-order valence-electron chi connectivity index (χ1n) is 5.66. The number of aryl methyl sites for hydroxylation is 2. The molecule has 0 unspecified atom stereocenters. The van der Waals surface area contributed by atoms with Gasteiger partial charge in [0, 0.05) is 6.54 Å². The van der Waals surface area contributed by atoms with E-state index in [1.54, 1.807) is 12.2 Å². The lowest BCUT2D eigenvalue weighted by atomic mass is 10.0. The standard InChI is InChI=1S/C15H16N2O/c1-4-7-17-15(18)14(10-16)9-13-6-5-11(2)12(3)8-13/h4-6,8-9H,1,7H2,2-3H3,(H,17,18). The highest BCUT2D eigenvalue weighted by Crippen LogP contribution is 2.13. The van der Waals surface area contributed by atoms with E-state index in [0.29, 0.717) is 6.54 Å². The minimum Gasteiger partial charge on any atom is -0.348 e. The lowest BCUT2D eigenvalue weighted by Gasteiger charge is -2.03. The second kappa shape index (κ2) is 6.41. The van der Waals surface area contributed by atoms with Gasteiger partial charge in [-0.15, -0.1) is 6.58 Å². The van der Waals surface area contributed by atoms with Crippen LogP contribution in [0, 0.1) is 25.2 Å². The maximum absolute atomic E-state index is 11.6. The van der Waals surface area contributed by atoms with Crippen LogP contribution in [0.5, 0.6) is 0 Å². The van der Waals surface area contributed by atoms with Gasteiger partial charge in [-0.2, -0.15) is 5.26 Å². The minimum atomic E-state index is -0.379. The van der Waals surface area contributed by atoms with Crippen LogP contribution in [0.3, 0.4) is 0 Å². The molecule has 0 saturated carbocycles. The zero-order valence-corrected chi connectivity index (χ0v) is 10.7. The summed E-state index contributed by atoms with van der Waals surface area (Å²) >= 11 is 0. The molecule has 92 valence electrons. The van der Waals surface area contributed by atoms with E-state index < -0.39 is 0 Å². The van der Waals surface area contributed by atoms with Gasteiger partial charge < -0.3 is 5.32 Å². The van der Waals surface area contributed by atoms with E-state index in [2.05, 4.69) is 11.9 Å². The van der Waals surface area contributed by atoms with Crippen molar-refractivity contribution in [2.24, 2.45) is 0 Å². The van der Waals surface area contributed by atoms with Gasteiger partial charge in [-0.3, -0.25) is 4.79 Å². The van der Waals surface area contributed by atoms with E-state index in [1.807, 2.05) is 38.1 Å². The van der Waals surface area contributed by atoms with Crippen LogP contribution in [-0.4, -0.2) is 12.5 Å². The number of nitriles is 1. The largest absolute Gasteiger partial charge is 0.348 e. The van der Waals surface area contributed by atoms with Crippen LogP contribution < -0.4 is 5.32 Å². The quantitative estimate of drug-likeness (QED) is 0.499. The number of nitrogens with zero attached hydrogens (tertiary/aromatic N) is 1. The third-order valence-corrected chi connectivity index (χ3v) is 2.61. The smallest absolute Gasteiger partial charge is 0.262 e. The Morgan fingerprint density at radius 1 is 1.44 bits per heavy atom. The first kappa shape index (κ1) is 13.7. The Morgan fingerprint density at radius 3 is 2.72 bits per heavy atom. The maximum Gasteiger partial charge on any atom is 0.262 e. The van der Waals surface area contributed by atoms with Crippen molar-refractivity contribution >= 4 is 12.0 Å². The van der Waals surface area contributed by atoms with E-state index in [1.165, 1.54) is 5.56 Å². The van der Waals surface area contributed by atoms with Crippen LogP contribution in [0.1, 0.15) is 16.7 Å². The SMILES string of the molecule is C=CCNC(=O)C(C#N)=Cc1ccc(C)c(C)c1. The van der Waals surface area contributed by atoms with Crippen LogP contribution in [0.4, 0.5) is 0 Å². The van der Waals surface area contributed by atoms with Crippen LogP contribution >= 0.6 is 0 Å². The van der Waals surface area contributed by atoms with Gasteiger partial charge in [0.2, 0.25) is 0 Å². The number of carbonyl (C=O) groups excluding carboxylic acids is 1. The zero-order valence-electron chi connectivity index (χ0n) is 10.7. The molecule has 0 aromatic heterocycles. The molecule has 3 nitrogen and oxygen atoms in total. The first-order chi connectivity index (χ1) is 8.58. The molecule has 0 heterocycles. The van der Waals surface area contributed by atoms with Gasteiger partial charge in [0.15, 0.2) is 0 Å². The van der Waals surface area contributed by atoms with Crippen LogP contribution in [0.25, 0.3) is 6.08 Å². The predicted octanol–water partition coefficient (Wildman–Crippen LogP) is 2.51. The molecule has 0 fully saturated rings. The normalized spacial score (nSPS) is 10.6. The summed E-state index contributed by atoms with van der Waals surface area (Å²) < 4.78 is 0. The molecule has 3 heteroatoms. The summed E-state index contributed by atoms with van der Waals surface area (Å²) in [6.45, 7) is 7.87. The van der Waals surface area contributed by atoms with Crippen molar-refractivity contribution in [3.05, 3.63) is 53.1 Å². The maximum atomic E-state index is 11.6. The highest BCUT2D eigenvalue weighted by Gasteiger charge is 2.07. The van der Waals surface area contributed by atoms with Gasteiger partial charge in [-0.1, -0.05) is 24.3 Å². The molecule has 0 bridgehead atoms. The van der Waals surface area contributed by atoms with Crippen LogP contribution in [-0.2, 0) is 4.79 Å². The third kappa shape index (κ3) is 3.60. The molecule has 1 rings (SSSR count). The Balaban J connectivity index is 2.97. The second-order valence-electron chi connectivity index (χ2n) is 4.01. The summed E-state index contributed by atoms with van der Waals surface area (Å²) in [7, 11) is 0. The van der Waals surface area contributed by atoms with Gasteiger partial charge in [0.25, 0.3) is 5.91 Å². The molecule has 0 aliphatic heterocycles. The molecule has 1 aromatic carbocycles. The Morgan fingerprint density at radius 2 is 2.17 bits per heavy atom. The fourth-order valence-electron chi connectivity index (χ4n) is 1.43. The van der Waals surface area contributed by atoms with E-state index in [4.69, 9.17) is 5.26 Å². The molecule has 0 spiro atoms. The minimum absolute atomic E-state index is 0.0973. The average molecular weight is 240 g/mol. The molecule has 0 saturated heterocycles. The van der Waals surface area contributed by atoms with Crippen molar-refractivity contribution in [3.8, 4) is 6.07 Å². The van der Waals surface area contributed by atoms with Gasteiger partial charge in [0.1, 0.15) is 11.6 Å².